The van der Waals surface area contributed by atoms with Crippen LogP contribution in [0.4, 0.5) is 0 Å². The lowest BCUT2D eigenvalue weighted by Gasteiger charge is -2.23. The molecule has 1 aliphatic heterocycles. The molecular formula is C23H30ClN3O2. The van der Waals surface area contributed by atoms with Gasteiger partial charge in [0.05, 0.1) is 0 Å². The second-order valence-electron chi connectivity index (χ2n) is 7.37. The first-order valence-corrected chi connectivity index (χ1v) is 10.1. The van der Waals surface area contributed by atoms with Gasteiger partial charge in [-0.3, -0.25) is 9.59 Å². The van der Waals surface area contributed by atoms with E-state index in [9.17, 15) is 9.59 Å². The summed E-state index contributed by atoms with van der Waals surface area (Å²) in [4.78, 5) is 25.4. The summed E-state index contributed by atoms with van der Waals surface area (Å²) in [5.41, 5.74) is 1.58. The minimum atomic E-state index is -0.598. The Bertz CT molecular complexity index is 749. The Morgan fingerprint density at radius 3 is 2.38 bits per heavy atom. The summed E-state index contributed by atoms with van der Waals surface area (Å²) in [5.74, 6) is 0.255. The quantitative estimate of drug-likeness (QED) is 0.620. The van der Waals surface area contributed by atoms with Crippen LogP contribution in [0.3, 0.4) is 0 Å². The van der Waals surface area contributed by atoms with Crippen LogP contribution in [0, 0.1) is 5.92 Å². The maximum Gasteiger partial charge on any atom is 0.251 e. The highest BCUT2D eigenvalue weighted by Gasteiger charge is 2.22. The van der Waals surface area contributed by atoms with Crippen LogP contribution in [0.25, 0.3) is 0 Å². The van der Waals surface area contributed by atoms with E-state index in [1.165, 1.54) is 12.8 Å². The van der Waals surface area contributed by atoms with Crippen molar-refractivity contribution in [2.45, 2.75) is 31.7 Å². The Balaban J connectivity index is 0.00000300. The fourth-order valence-electron chi connectivity index (χ4n) is 3.58. The average Bonchev–Trinajstić information content (AvgIpc) is 2.75. The van der Waals surface area contributed by atoms with Crippen molar-refractivity contribution in [1.82, 2.24) is 16.0 Å². The highest BCUT2D eigenvalue weighted by molar-refractivity contribution is 5.97. The monoisotopic (exact) mass is 415 g/mol. The van der Waals surface area contributed by atoms with Gasteiger partial charge in [0.1, 0.15) is 6.04 Å². The maximum absolute atomic E-state index is 12.8. The van der Waals surface area contributed by atoms with Crippen molar-refractivity contribution in [1.29, 1.82) is 0 Å². The third-order valence-electron chi connectivity index (χ3n) is 5.19. The summed E-state index contributed by atoms with van der Waals surface area (Å²) in [6, 6.07) is 18.2. The molecule has 0 bridgehead atoms. The van der Waals surface area contributed by atoms with Gasteiger partial charge >= 0.3 is 0 Å². The first-order chi connectivity index (χ1) is 13.7. The summed E-state index contributed by atoms with van der Waals surface area (Å²) >= 11 is 0. The first-order valence-electron chi connectivity index (χ1n) is 10.1. The highest BCUT2D eigenvalue weighted by atomic mass is 35.5. The van der Waals surface area contributed by atoms with Gasteiger partial charge in [0.25, 0.3) is 5.91 Å². The van der Waals surface area contributed by atoms with Crippen LogP contribution in [0.15, 0.2) is 60.7 Å². The van der Waals surface area contributed by atoms with Crippen LogP contribution in [-0.2, 0) is 11.2 Å². The molecule has 1 saturated heterocycles. The molecule has 3 rings (SSSR count). The summed E-state index contributed by atoms with van der Waals surface area (Å²) in [6.07, 6.45) is 3.84. The topological polar surface area (TPSA) is 70.2 Å². The Morgan fingerprint density at radius 1 is 1.03 bits per heavy atom. The second kappa shape index (κ2) is 12.2. The van der Waals surface area contributed by atoms with Gasteiger partial charge in [-0.15, -0.1) is 12.4 Å². The van der Waals surface area contributed by atoms with Crippen LogP contribution in [0.2, 0.25) is 0 Å². The van der Waals surface area contributed by atoms with E-state index in [0.29, 0.717) is 24.4 Å². The van der Waals surface area contributed by atoms with Gasteiger partial charge in [0.15, 0.2) is 0 Å². The van der Waals surface area contributed by atoms with Gasteiger partial charge in [-0.25, -0.2) is 0 Å². The van der Waals surface area contributed by atoms with E-state index in [2.05, 4.69) is 16.0 Å². The smallest absolute Gasteiger partial charge is 0.251 e. The van der Waals surface area contributed by atoms with E-state index in [-0.39, 0.29) is 24.2 Å². The average molecular weight is 416 g/mol. The molecule has 1 fully saturated rings. The van der Waals surface area contributed by atoms with Gasteiger partial charge in [0.2, 0.25) is 5.91 Å². The molecule has 1 aliphatic rings. The zero-order valence-corrected chi connectivity index (χ0v) is 17.4. The van der Waals surface area contributed by atoms with E-state index < -0.39 is 6.04 Å². The molecule has 2 aromatic rings. The van der Waals surface area contributed by atoms with Crippen molar-refractivity contribution < 1.29 is 9.59 Å². The SMILES string of the molecule is Cl.O=C(NC(Cc1ccccc1)C(=O)NCCC1CCCNC1)c1ccccc1. The second-order valence-corrected chi connectivity index (χ2v) is 7.37. The number of benzene rings is 2. The number of amides is 2. The predicted octanol–water partition coefficient (Wildman–Crippen LogP) is 2.96. The Hall–Kier alpha value is -2.37. The minimum absolute atomic E-state index is 0. The molecule has 5 nitrogen and oxygen atoms in total. The summed E-state index contributed by atoms with van der Waals surface area (Å²) < 4.78 is 0. The van der Waals surface area contributed by atoms with Crippen molar-refractivity contribution in [2.75, 3.05) is 19.6 Å². The standard InChI is InChI=1S/C23H29N3O2.ClH/c27-22(20-11-5-2-6-12-20)26-21(16-18-8-3-1-4-9-18)23(28)25-15-13-19-10-7-14-24-17-19;/h1-6,8-9,11-12,19,21,24H,7,10,13-17H2,(H,25,28)(H,26,27);1H. The van der Waals surface area contributed by atoms with Crippen LogP contribution in [0.1, 0.15) is 35.2 Å². The Kier molecular flexibility index (Phi) is 9.68. The number of carbonyl (C=O) groups excluding carboxylic acids is 2. The molecule has 0 aromatic heterocycles. The largest absolute Gasteiger partial charge is 0.354 e. The molecule has 6 heteroatoms. The Morgan fingerprint density at radius 2 is 1.72 bits per heavy atom. The van der Waals surface area contributed by atoms with Crippen LogP contribution in [0.5, 0.6) is 0 Å². The molecule has 29 heavy (non-hydrogen) atoms. The van der Waals surface area contributed by atoms with Gasteiger partial charge in [0, 0.05) is 18.5 Å². The Labute approximate surface area is 179 Å². The molecule has 2 aromatic carbocycles. The van der Waals surface area contributed by atoms with Crippen molar-refractivity contribution in [3.05, 3.63) is 71.8 Å². The number of hydrogen-bond acceptors (Lipinski definition) is 3. The van der Waals surface area contributed by atoms with E-state index in [1.54, 1.807) is 12.1 Å². The maximum atomic E-state index is 12.8. The molecule has 0 spiro atoms. The van der Waals surface area contributed by atoms with Gasteiger partial charge in [-0.05, 0) is 56.0 Å². The lowest BCUT2D eigenvalue weighted by Crippen LogP contribution is -2.48. The molecule has 3 N–H and O–H groups in total. The lowest BCUT2D eigenvalue weighted by molar-refractivity contribution is -0.123. The minimum Gasteiger partial charge on any atom is -0.354 e. The summed E-state index contributed by atoms with van der Waals surface area (Å²) in [7, 11) is 0. The van der Waals surface area contributed by atoms with Crippen molar-refractivity contribution in [3.8, 4) is 0 Å². The van der Waals surface area contributed by atoms with Crippen molar-refractivity contribution in [3.63, 3.8) is 0 Å². The number of halogens is 1. The first kappa shape index (κ1) is 22.9. The molecule has 0 radical (unpaired) electrons. The third-order valence-corrected chi connectivity index (χ3v) is 5.19. The van der Waals surface area contributed by atoms with E-state index >= 15 is 0 Å². The molecular weight excluding hydrogens is 386 g/mol. The predicted molar refractivity (Wildman–Crippen MR) is 118 cm³/mol. The van der Waals surface area contributed by atoms with E-state index in [0.717, 1.165) is 25.1 Å². The fraction of sp³-hybridized carbons (Fsp3) is 0.391. The van der Waals surface area contributed by atoms with Crippen molar-refractivity contribution in [2.24, 2.45) is 5.92 Å². The van der Waals surface area contributed by atoms with Gasteiger partial charge < -0.3 is 16.0 Å². The summed E-state index contributed by atoms with van der Waals surface area (Å²) in [6.45, 7) is 2.75. The number of hydrogen-bond donors (Lipinski definition) is 3. The zero-order valence-electron chi connectivity index (χ0n) is 16.6. The van der Waals surface area contributed by atoms with Gasteiger partial charge in [-0.2, -0.15) is 0 Å². The van der Waals surface area contributed by atoms with Crippen LogP contribution in [-0.4, -0.2) is 37.5 Å². The molecule has 156 valence electrons. The fourth-order valence-corrected chi connectivity index (χ4v) is 3.58. The zero-order chi connectivity index (χ0) is 19.6. The lowest BCUT2D eigenvalue weighted by atomic mass is 9.96. The van der Waals surface area contributed by atoms with Crippen molar-refractivity contribution >= 4 is 24.2 Å². The molecule has 2 atom stereocenters. The summed E-state index contributed by atoms with van der Waals surface area (Å²) in [5, 5.41) is 9.34. The molecule has 0 saturated carbocycles. The van der Waals surface area contributed by atoms with Gasteiger partial charge in [-0.1, -0.05) is 48.5 Å². The van der Waals surface area contributed by atoms with E-state index in [4.69, 9.17) is 0 Å². The normalized spacial score (nSPS) is 16.9. The van der Waals surface area contributed by atoms with E-state index in [1.807, 2.05) is 48.5 Å². The van der Waals surface area contributed by atoms with Crippen LogP contribution >= 0.6 is 12.4 Å². The number of piperidine rings is 1. The molecule has 2 unspecified atom stereocenters. The number of nitrogens with one attached hydrogen (secondary N) is 3. The number of rotatable bonds is 8. The molecule has 0 aliphatic carbocycles. The number of carbonyl (C=O) groups is 2. The van der Waals surface area contributed by atoms with Crippen LogP contribution < -0.4 is 16.0 Å². The third kappa shape index (κ3) is 7.52. The highest BCUT2D eigenvalue weighted by Crippen LogP contribution is 2.13. The molecule has 2 amide bonds. The molecule has 1 heterocycles.